The highest BCUT2D eigenvalue weighted by atomic mass is 16.7. The largest absolute Gasteiger partial charge is 0.393 e. The first-order valence-corrected chi connectivity index (χ1v) is 12.4. The molecular formula is C24H42O12. The van der Waals surface area contributed by atoms with Gasteiger partial charge in [0, 0.05) is 0 Å². The monoisotopic (exact) mass is 522 g/mol. The summed E-state index contributed by atoms with van der Waals surface area (Å²) in [7, 11) is 0. The van der Waals surface area contributed by atoms with Crippen LogP contribution in [0.2, 0.25) is 0 Å². The number of rotatable bonds is 8. The molecule has 0 aromatic rings. The SMILES string of the molecule is CC1=C(CC[C@@H](C)O)C(C)(C)C[C@H](O[C@H]2O[C@H](CO[C@H]3OC[C@H](O)[C@@H](O)[C@H]3O)[C@@H](O)[C@H](O)[C@H]2O)[C@@H]1O. The molecule has 2 fully saturated rings. The molecule has 1 aliphatic carbocycles. The van der Waals surface area contributed by atoms with Gasteiger partial charge in [0.05, 0.1) is 25.4 Å². The van der Waals surface area contributed by atoms with Gasteiger partial charge in [0.2, 0.25) is 0 Å². The van der Waals surface area contributed by atoms with E-state index < -0.39 is 80.2 Å². The van der Waals surface area contributed by atoms with Crippen LogP contribution in [-0.4, -0.2) is 128 Å². The van der Waals surface area contributed by atoms with Crippen molar-refractivity contribution in [2.45, 2.75) is 121 Å². The van der Waals surface area contributed by atoms with Crippen LogP contribution in [0, 0.1) is 5.41 Å². The Morgan fingerprint density at radius 3 is 2.22 bits per heavy atom. The van der Waals surface area contributed by atoms with Gasteiger partial charge in [-0.05, 0) is 44.1 Å². The molecule has 2 heterocycles. The minimum atomic E-state index is -1.64. The van der Waals surface area contributed by atoms with Crippen LogP contribution in [0.25, 0.3) is 0 Å². The molecule has 210 valence electrons. The number of aliphatic hydroxyl groups excluding tert-OH is 8. The average molecular weight is 523 g/mol. The Bertz CT molecular complexity index is 757. The summed E-state index contributed by atoms with van der Waals surface area (Å²) < 4.78 is 22.2. The second-order valence-electron chi connectivity index (χ2n) is 10.9. The summed E-state index contributed by atoms with van der Waals surface area (Å²) in [6, 6.07) is 0. The Hall–Kier alpha value is -0.740. The molecule has 36 heavy (non-hydrogen) atoms. The van der Waals surface area contributed by atoms with Crippen molar-refractivity contribution < 1.29 is 59.8 Å². The standard InChI is InChI=1S/C24H42O12/c1-10(25)5-6-12-11(2)16(27)14(7-24(12,3)4)35-23-21(32)19(30)18(29)15(36-23)9-34-22-20(31)17(28)13(26)8-33-22/h10,13-23,25-32H,5-9H2,1-4H3/t10-,13+,14+,15-,16-,17-,18-,19+,20-,21-,22-,23+/m1/s1. The fraction of sp³-hybridized carbons (Fsp3) is 0.917. The maximum atomic E-state index is 10.9. The predicted molar refractivity (Wildman–Crippen MR) is 123 cm³/mol. The van der Waals surface area contributed by atoms with Crippen LogP contribution in [0.4, 0.5) is 0 Å². The van der Waals surface area contributed by atoms with Gasteiger partial charge < -0.3 is 59.8 Å². The number of aliphatic hydroxyl groups is 8. The number of hydrogen-bond donors (Lipinski definition) is 8. The van der Waals surface area contributed by atoms with Gasteiger partial charge >= 0.3 is 0 Å². The topological polar surface area (TPSA) is 199 Å². The van der Waals surface area contributed by atoms with Gasteiger partial charge in [0.15, 0.2) is 12.6 Å². The van der Waals surface area contributed by atoms with Crippen molar-refractivity contribution in [3.8, 4) is 0 Å². The minimum absolute atomic E-state index is 0.272. The zero-order valence-electron chi connectivity index (χ0n) is 21.2. The van der Waals surface area contributed by atoms with Gasteiger partial charge in [-0.2, -0.15) is 0 Å². The minimum Gasteiger partial charge on any atom is -0.393 e. The molecule has 2 saturated heterocycles. The molecule has 0 saturated carbocycles. The van der Waals surface area contributed by atoms with E-state index in [9.17, 15) is 40.9 Å². The highest BCUT2D eigenvalue weighted by molar-refractivity contribution is 5.28. The van der Waals surface area contributed by atoms with Crippen LogP contribution in [0.5, 0.6) is 0 Å². The summed E-state index contributed by atoms with van der Waals surface area (Å²) in [5.74, 6) is 0. The molecule has 0 spiro atoms. The van der Waals surface area contributed by atoms with Crippen molar-refractivity contribution in [3.63, 3.8) is 0 Å². The Labute approximate surface area is 210 Å². The quantitative estimate of drug-likeness (QED) is 0.162. The van der Waals surface area contributed by atoms with Gasteiger partial charge in [-0.3, -0.25) is 0 Å². The second-order valence-corrected chi connectivity index (χ2v) is 10.9. The third-order valence-electron chi connectivity index (χ3n) is 7.47. The molecule has 0 bridgehead atoms. The lowest BCUT2D eigenvalue weighted by Crippen LogP contribution is -2.61. The van der Waals surface area contributed by atoms with E-state index in [2.05, 4.69) is 0 Å². The molecule has 0 aromatic heterocycles. The summed E-state index contributed by atoms with van der Waals surface area (Å²) in [6.45, 7) is 6.85. The summed E-state index contributed by atoms with van der Waals surface area (Å²) >= 11 is 0. The van der Waals surface area contributed by atoms with Gasteiger partial charge in [-0.1, -0.05) is 19.4 Å². The maximum absolute atomic E-state index is 10.9. The third kappa shape index (κ3) is 6.45. The molecule has 3 aliphatic rings. The third-order valence-corrected chi connectivity index (χ3v) is 7.47. The van der Waals surface area contributed by atoms with E-state index in [0.29, 0.717) is 24.8 Å². The van der Waals surface area contributed by atoms with Crippen molar-refractivity contribution in [2.75, 3.05) is 13.2 Å². The summed E-state index contributed by atoms with van der Waals surface area (Å²) in [5, 5.41) is 81.3. The Morgan fingerprint density at radius 2 is 1.58 bits per heavy atom. The highest BCUT2D eigenvalue weighted by Crippen LogP contribution is 2.44. The fourth-order valence-corrected chi connectivity index (χ4v) is 5.19. The molecular weight excluding hydrogens is 480 g/mol. The van der Waals surface area contributed by atoms with Gasteiger partial charge in [-0.15, -0.1) is 0 Å². The molecule has 0 radical (unpaired) electrons. The zero-order valence-corrected chi connectivity index (χ0v) is 21.2. The van der Waals surface area contributed by atoms with Crippen LogP contribution >= 0.6 is 0 Å². The van der Waals surface area contributed by atoms with Gasteiger partial charge in [0.1, 0.15) is 48.8 Å². The molecule has 12 nitrogen and oxygen atoms in total. The van der Waals surface area contributed by atoms with Crippen LogP contribution in [0.1, 0.15) is 47.0 Å². The Kier molecular flexibility index (Phi) is 9.92. The van der Waals surface area contributed by atoms with Crippen molar-refractivity contribution in [1.82, 2.24) is 0 Å². The molecule has 2 aliphatic heterocycles. The van der Waals surface area contributed by atoms with E-state index >= 15 is 0 Å². The fourth-order valence-electron chi connectivity index (χ4n) is 5.19. The van der Waals surface area contributed by atoms with E-state index in [4.69, 9.17) is 18.9 Å². The highest BCUT2D eigenvalue weighted by Gasteiger charge is 2.48. The number of hydrogen-bond acceptors (Lipinski definition) is 12. The number of ether oxygens (including phenoxy) is 4. The van der Waals surface area contributed by atoms with Crippen molar-refractivity contribution in [3.05, 3.63) is 11.1 Å². The normalized spacial score (nSPS) is 44.5. The van der Waals surface area contributed by atoms with Crippen molar-refractivity contribution >= 4 is 0 Å². The van der Waals surface area contributed by atoms with E-state index in [1.54, 1.807) is 13.8 Å². The average Bonchev–Trinajstić information content (AvgIpc) is 2.80. The maximum Gasteiger partial charge on any atom is 0.187 e. The van der Waals surface area contributed by atoms with Crippen molar-refractivity contribution in [1.29, 1.82) is 0 Å². The van der Waals surface area contributed by atoms with Gasteiger partial charge in [-0.25, -0.2) is 0 Å². The van der Waals surface area contributed by atoms with Crippen LogP contribution in [0.15, 0.2) is 11.1 Å². The van der Waals surface area contributed by atoms with E-state index in [0.717, 1.165) is 5.57 Å². The molecule has 8 N–H and O–H groups in total. The van der Waals surface area contributed by atoms with E-state index in [1.165, 1.54) is 0 Å². The lowest BCUT2D eigenvalue weighted by atomic mass is 9.69. The Balaban J connectivity index is 1.67. The summed E-state index contributed by atoms with van der Waals surface area (Å²) in [4.78, 5) is 0. The van der Waals surface area contributed by atoms with Crippen molar-refractivity contribution in [2.24, 2.45) is 5.41 Å². The number of allylic oxidation sites excluding steroid dienone is 1. The summed E-state index contributed by atoms with van der Waals surface area (Å²) in [6.07, 6.45) is -13.7. The molecule has 3 rings (SSSR count). The molecule has 0 unspecified atom stereocenters. The van der Waals surface area contributed by atoms with Gasteiger partial charge in [0.25, 0.3) is 0 Å². The molecule has 12 atom stereocenters. The summed E-state index contributed by atoms with van der Waals surface area (Å²) in [5.41, 5.74) is 1.37. The molecule has 0 aromatic carbocycles. The second kappa shape index (κ2) is 12.0. The molecule has 0 amide bonds. The lowest BCUT2D eigenvalue weighted by molar-refractivity contribution is -0.332. The van der Waals surface area contributed by atoms with Crippen LogP contribution in [0.3, 0.4) is 0 Å². The molecule has 12 heteroatoms. The Morgan fingerprint density at radius 1 is 0.944 bits per heavy atom. The van der Waals surface area contributed by atoms with Crippen LogP contribution in [-0.2, 0) is 18.9 Å². The first-order valence-electron chi connectivity index (χ1n) is 12.4. The van der Waals surface area contributed by atoms with Crippen LogP contribution < -0.4 is 0 Å². The first-order chi connectivity index (χ1) is 16.7. The van der Waals surface area contributed by atoms with E-state index in [-0.39, 0.29) is 12.0 Å². The lowest BCUT2D eigenvalue weighted by Gasteiger charge is -2.46. The zero-order chi connectivity index (χ0) is 26.9. The first kappa shape index (κ1) is 29.8. The smallest absolute Gasteiger partial charge is 0.187 e. The van der Waals surface area contributed by atoms with E-state index in [1.807, 2.05) is 13.8 Å². The predicted octanol–water partition coefficient (Wildman–Crippen LogP) is -2.10.